The van der Waals surface area contributed by atoms with Crippen LogP contribution >= 0.6 is 0 Å². The Balaban J connectivity index is 2.38. The molecule has 3 aromatic rings. The fraction of sp³-hybridized carbons (Fsp3) is 0.0714. The van der Waals surface area contributed by atoms with Crippen molar-refractivity contribution in [2.75, 3.05) is 0 Å². The maximum atomic E-state index is 12.1. The van der Waals surface area contributed by atoms with Gasteiger partial charge in [-0.1, -0.05) is 30.3 Å². The molecule has 2 aromatic heterocycles. The predicted octanol–water partition coefficient (Wildman–Crippen LogP) is 1.89. The van der Waals surface area contributed by atoms with Crippen LogP contribution in [0.1, 0.15) is 10.6 Å². The number of hydrogen-bond donors (Lipinski definition) is 1. The topological polar surface area (TPSA) is 85.3 Å². The van der Waals surface area contributed by atoms with E-state index >= 15 is 0 Å². The van der Waals surface area contributed by atoms with Crippen LogP contribution in [0.4, 0.5) is 0 Å². The summed E-state index contributed by atoms with van der Waals surface area (Å²) >= 11 is 0. The number of nitrogens with zero attached hydrogens (tertiary/aromatic N) is 2. The first kappa shape index (κ1) is 12.2. The zero-order chi connectivity index (χ0) is 14.3. The van der Waals surface area contributed by atoms with Gasteiger partial charge in [-0.2, -0.15) is 5.10 Å². The van der Waals surface area contributed by atoms with E-state index in [1.165, 1.54) is 4.68 Å². The van der Waals surface area contributed by atoms with Gasteiger partial charge in [0.15, 0.2) is 5.43 Å². The van der Waals surface area contributed by atoms with Crippen molar-refractivity contribution in [1.82, 2.24) is 9.78 Å². The lowest BCUT2D eigenvalue weighted by molar-refractivity contribution is 0.0662. The van der Waals surface area contributed by atoms with E-state index in [0.29, 0.717) is 5.69 Å². The average Bonchev–Trinajstić information content (AvgIpc) is 2.78. The van der Waals surface area contributed by atoms with E-state index in [1.807, 2.05) is 30.3 Å². The highest BCUT2D eigenvalue weighted by Crippen LogP contribution is 2.25. The molecule has 0 aliphatic rings. The van der Waals surface area contributed by atoms with Gasteiger partial charge in [0.2, 0.25) is 11.5 Å². The van der Waals surface area contributed by atoms with E-state index in [-0.39, 0.29) is 11.1 Å². The summed E-state index contributed by atoms with van der Waals surface area (Å²) in [6.07, 6.45) is 0. The van der Waals surface area contributed by atoms with E-state index in [1.54, 1.807) is 7.05 Å². The fourth-order valence-corrected chi connectivity index (χ4v) is 2.08. The van der Waals surface area contributed by atoms with Gasteiger partial charge in [0.05, 0.1) is 0 Å². The van der Waals surface area contributed by atoms with Gasteiger partial charge in [0.25, 0.3) is 0 Å². The molecule has 100 valence electrons. The Morgan fingerprint density at radius 2 is 2.00 bits per heavy atom. The summed E-state index contributed by atoms with van der Waals surface area (Å²) in [7, 11) is 1.60. The molecule has 3 rings (SSSR count). The number of carbonyl (C=O) groups is 1. The van der Waals surface area contributed by atoms with Gasteiger partial charge < -0.3 is 9.52 Å². The van der Waals surface area contributed by atoms with Crippen molar-refractivity contribution in [2.24, 2.45) is 7.05 Å². The highest BCUT2D eigenvalue weighted by Gasteiger charge is 2.19. The minimum absolute atomic E-state index is 0.147. The third-order valence-electron chi connectivity index (χ3n) is 2.97. The van der Waals surface area contributed by atoms with Crippen LogP contribution in [0.2, 0.25) is 0 Å². The normalized spacial score (nSPS) is 10.8. The van der Waals surface area contributed by atoms with Crippen molar-refractivity contribution < 1.29 is 14.3 Å². The Morgan fingerprint density at radius 3 is 2.65 bits per heavy atom. The molecule has 20 heavy (non-hydrogen) atoms. The van der Waals surface area contributed by atoms with Gasteiger partial charge in [-0.15, -0.1) is 0 Å². The number of aromatic nitrogens is 2. The predicted molar refractivity (Wildman–Crippen MR) is 71.6 cm³/mol. The minimum Gasteiger partial charge on any atom is -0.475 e. The molecule has 0 fully saturated rings. The van der Waals surface area contributed by atoms with Crippen molar-refractivity contribution in [1.29, 1.82) is 0 Å². The van der Waals surface area contributed by atoms with Gasteiger partial charge >= 0.3 is 5.97 Å². The number of carboxylic acids is 1. The highest BCUT2D eigenvalue weighted by atomic mass is 16.4. The van der Waals surface area contributed by atoms with Gasteiger partial charge in [0, 0.05) is 18.7 Å². The van der Waals surface area contributed by atoms with Crippen molar-refractivity contribution >= 4 is 17.1 Å². The van der Waals surface area contributed by atoms with E-state index < -0.39 is 17.2 Å². The number of benzene rings is 1. The van der Waals surface area contributed by atoms with Crippen LogP contribution in [0.5, 0.6) is 0 Å². The Kier molecular flexibility index (Phi) is 2.64. The summed E-state index contributed by atoms with van der Waals surface area (Å²) in [6.45, 7) is 0. The van der Waals surface area contributed by atoms with Crippen LogP contribution in [0.25, 0.3) is 22.4 Å². The second-order valence-electron chi connectivity index (χ2n) is 4.30. The molecule has 2 heterocycles. The first-order valence-corrected chi connectivity index (χ1v) is 5.87. The van der Waals surface area contributed by atoms with Crippen molar-refractivity contribution in [3.63, 3.8) is 0 Å². The van der Waals surface area contributed by atoms with Crippen molar-refractivity contribution in [3.05, 3.63) is 52.4 Å². The standard InChI is InChI=1S/C14H10N2O4/c1-16-13-11(9(17)7-10(20-13)14(18)19)12(15-16)8-5-3-2-4-6-8/h2-7H,1H3,(H,18,19). The zero-order valence-electron chi connectivity index (χ0n) is 10.5. The molecule has 0 atom stereocenters. The van der Waals surface area contributed by atoms with Crippen LogP contribution in [-0.4, -0.2) is 20.9 Å². The molecule has 0 radical (unpaired) electrons. The second-order valence-corrected chi connectivity index (χ2v) is 4.30. The quantitative estimate of drug-likeness (QED) is 0.768. The third kappa shape index (κ3) is 1.78. The molecule has 6 heteroatoms. The summed E-state index contributed by atoms with van der Waals surface area (Å²) in [6, 6.07) is 10.2. The van der Waals surface area contributed by atoms with E-state index in [4.69, 9.17) is 9.52 Å². The highest BCUT2D eigenvalue weighted by molar-refractivity contribution is 5.92. The number of fused-ring (bicyclic) bond motifs is 1. The maximum absolute atomic E-state index is 12.1. The summed E-state index contributed by atoms with van der Waals surface area (Å²) in [5.74, 6) is -1.68. The molecule has 0 aliphatic heterocycles. The Bertz CT molecular complexity index is 862. The molecule has 0 saturated carbocycles. The molecule has 0 unspecified atom stereocenters. The molecule has 0 aliphatic carbocycles. The van der Waals surface area contributed by atoms with Crippen LogP contribution in [0.3, 0.4) is 0 Å². The average molecular weight is 270 g/mol. The van der Waals surface area contributed by atoms with Gasteiger partial charge in [-0.25, -0.2) is 9.48 Å². The molecule has 6 nitrogen and oxygen atoms in total. The van der Waals surface area contributed by atoms with Crippen LogP contribution in [0.15, 0.2) is 45.6 Å². The number of rotatable bonds is 2. The molecule has 1 N–H and O–H groups in total. The van der Waals surface area contributed by atoms with Crippen molar-refractivity contribution in [3.8, 4) is 11.3 Å². The molecule has 0 saturated heterocycles. The van der Waals surface area contributed by atoms with Gasteiger partial charge in [-0.05, 0) is 0 Å². The van der Waals surface area contributed by atoms with E-state index in [0.717, 1.165) is 11.6 Å². The smallest absolute Gasteiger partial charge is 0.372 e. The first-order valence-electron chi connectivity index (χ1n) is 5.87. The van der Waals surface area contributed by atoms with Crippen LogP contribution in [-0.2, 0) is 7.05 Å². The Hall–Kier alpha value is -2.89. The molecule has 0 bridgehead atoms. The van der Waals surface area contributed by atoms with Gasteiger partial charge in [0.1, 0.15) is 11.1 Å². The van der Waals surface area contributed by atoms with Crippen molar-refractivity contribution in [2.45, 2.75) is 0 Å². The first-order chi connectivity index (χ1) is 9.58. The summed E-state index contributed by atoms with van der Waals surface area (Å²) < 4.78 is 6.60. The number of aryl methyl sites for hydroxylation is 1. The lowest BCUT2D eigenvalue weighted by Gasteiger charge is -1.97. The molecule has 1 aromatic carbocycles. The Morgan fingerprint density at radius 1 is 1.30 bits per heavy atom. The SMILES string of the molecule is Cn1nc(-c2ccccc2)c2c(=O)cc(C(=O)O)oc21. The molecule has 0 spiro atoms. The number of hydrogen-bond acceptors (Lipinski definition) is 4. The van der Waals surface area contributed by atoms with Crippen LogP contribution in [0, 0.1) is 0 Å². The minimum atomic E-state index is -1.29. The van der Waals surface area contributed by atoms with Gasteiger partial charge in [-0.3, -0.25) is 4.79 Å². The molecule has 0 amide bonds. The van der Waals surface area contributed by atoms with Crippen LogP contribution < -0.4 is 5.43 Å². The third-order valence-corrected chi connectivity index (χ3v) is 2.97. The number of carboxylic acid groups (broad SMARTS) is 1. The monoisotopic (exact) mass is 270 g/mol. The number of aromatic carboxylic acids is 1. The summed E-state index contributed by atoms with van der Waals surface area (Å²) in [5, 5.41) is 13.5. The Labute approximate surface area is 112 Å². The maximum Gasteiger partial charge on any atom is 0.372 e. The summed E-state index contributed by atoms with van der Waals surface area (Å²) in [4.78, 5) is 23.1. The zero-order valence-corrected chi connectivity index (χ0v) is 10.5. The van der Waals surface area contributed by atoms with E-state index in [9.17, 15) is 9.59 Å². The summed E-state index contributed by atoms with van der Waals surface area (Å²) in [5.41, 5.74) is 0.978. The fourth-order valence-electron chi connectivity index (χ4n) is 2.08. The molecular formula is C14H10N2O4. The lowest BCUT2D eigenvalue weighted by Crippen LogP contribution is -2.06. The second kappa shape index (κ2) is 4.34. The lowest BCUT2D eigenvalue weighted by atomic mass is 10.1. The molecular weight excluding hydrogens is 260 g/mol. The van der Waals surface area contributed by atoms with E-state index in [2.05, 4.69) is 5.10 Å². The largest absolute Gasteiger partial charge is 0.475 e.